The molecule has 7 nitrogen and oxygen atoms in total. The van der Waals surface area contributed by atoms with Gasteiger partial charge in [0.15, 0.2) is 5.65 Å². The van der Waals surface area contributed by atoms with Crippen LogP contribution in [-0.4, -0.2) is 31.1 Å². The monoisotopic (exact) mass is 350 g/mol. The number of aromatic amines is 1. The fraction of sp³-hybridized carbons (Fsp3) is 0.118. The lowest BCUT2D eigenvalue weighted by Gasteiger charge is -2.03. The van der Waals surface area contributed by atoms with E-state index >= 15 is 0 Å². The summed E-state index contributed by atoms with van der Waals surface area (Å²) in [5.74, 6) is -0.134. The number of pyridine rings is 2. The number of fused-ring (bicyclic) bond motifs is 1. The molecule has 0 fully saturated rings. The summed E-state index contributed by atoms with van der Waals surface area (Å²) in [6.45, 7) is 1.91. The van der Waals surface area contributed by atoms with Crippen LogP contribution in [0.15, 0.2) is 42.2 Å². The summed E-state index contributed by atoms with van der Waals surface area (Å²) in [6, 6.07) is 5.68. The molecule has 4 rings (SSSR count). The number of carbonyl (C=O) groups is 1. The molecule has 2 N–H and O–H groups in total. The van der Waals surface area contributed by atoms with Gasteiger partial charge in [-0.15, -0.1) is 11.3 Å². The molecule has 0 unspecified atom stereocenters. The van der Waals surface area contributed by atoms with Gasteiger partial charge in [-0.1, -0.05) is 0 Å². The molecule has 0 spiro atoms. The third kappa shape index (κ3) is 3.24. The van der Waals surface area contributed by atoms with E-state index < -0.39 is 0 Å². The molecular weight excluding hydrogens is 336 g/mol. The van der Waals surface area contributed by atoms with Gasteiger partial charge in [0.05, 0.1) is 24.0 Å². The van der Waals surface area contributed by atoms with Crippen molar-refractivity contribution >= 4 is 34.0 Å². The number of aromatic nitrogens is 5. The van der Waals surface area contributed by atoms with Gasteiger partial charge in [0.25, 0.3) is 0 Å². The minimum absolute atomic E-state index is 0.134. The Balaban J connectivity index is 1.46. The van der Waals surface area contributed by atoms with Crippen molar-refractivity contribution in [1.82, 2.24) is 25.1 Å². The summed E-state index contributed by atoms with van der Waals surface area (Å²) < 4.78 is 0. The Hall–Kier alpha value is -3.13. The topological polar surface area (TPSA) is 96.5 Å². The van der Waals surface area contributed by atoms with E-state index in [1.807, 2.05) is 30.5 Å². The van der Waals surface area contributed by atoms with Gasteiger partial charge in [0.2, 0.25) is 5.91 Å². The highest BCUT2D eigenvalue weighted by Gasteiger charge is 2.11. The highest BCUT2D eigenvalue weighted by atomic mass is 32.1. The third-order valence-electron chi connectivity index (χ3n) is 3.69. The summed E-state index contributed by atoms with van der Waals surface area (Å²) in [5, 5.41) is 13.5. The second kappa shape index (κ2) is 6.40. The van der Waals surface area contributed by atoms with Gasteiger partial charge in [-0.3, -0.25) is 14.9 Å². The fourth-order valence-electron chi connectivity index (χ4n) is 2.47. The average Bonchev–Trinajstić information content (AvgIpc) is 3.23. The molecule has 0 bridgehead atoms. The summed E-state index contributed by atoms with van der Waals surface area (Å²) in [7, 11) is 0. The van der Waals surface area contributed by atoms with Crippen LogP contribution in [0.4, 0.5) is 5.69 Å². The van der Waals surface area contributed by atoms with E-state index in [0.717, 1.165) is 27.3 Å². The highest BCUT2D eigenvalue weighted by Crippen LogP contribution is 2.23. The van der Waals surface area contributed by atoms with Gasteiger partial charge in [-0.2, -0.15) is 5.10 Å². The number of anilines is 1. The minimum Gasteiger partial charge on any atom is -0.324 e. The maximum Gasteiger partial charge on any atom is 0.230 e. The van der Waals surface area contributed by atoms with Gasteiger partial charge < -0.3 is 5.32 Å². The van der Waals surface area contributed by atoms with Crippen molar-refractivity contribution in [2.24, 2.45) is 0 Å². The number of carbonyl (C=O) groups excluding carboxylic acids is 1. The second-order valence-electron chi connectivity index (χ2n) is 5.55. The molecule has 0 aromatic carbocycles. The zero-order chi connectivity index (χ0) is 17.2. The molecule has 1 amide bonds. The quantitative estimate of drug-likeness (QED) is 0.590. The number of hydrogen-bond donors (Lipinski definition) is 2. The maximum absolute atomic E-state index is 12.3. The lowest BCUT2D eigenvalue weighted by molar-refractivity contribution is -0.115. The Morgan fingerprint density at radius 3 is 3.12 bits per heavy atom. The van der Waals surface area contributed by atoms with E-state index in [0.29, 0.717) is 11.3 Å². The molecule has 4 heterocycles. The molecule has 4 aromatic rings. The van der Waals surface area contributed by atoms with Crippen molar-refractivity contribution < 1.29 is 4.79 Å². The largest absolute Gasteiger partial charge is 0.324 e. The lowest BCUT2D eigenvalue weighted by atomic mass is 10.2. The maximum atomic E-state index is 12.3. The van der Waals surface area contributed by atoms with Crippen molar-refractivity contribution in [1.29, 1.82) is 0 Å². The Bertz CT molecular complexity index is 1040. The number of thiazole rings is 1. The standard InChI is InChI=1S/C17H14N6OS/c1-10-14-5-12(8-19-16(14)23-22-10)20-15(24)6-13-9-25-17(21-13)11-3-2-4-18-7-11/h2-5,7-9H,6H2,1H3,(H,20,24)(H,19,22,23). The second-order valence-corrected chi connectivity index (χ2v) is 6.41. The number of aryl methyl sites for hydroxylation is 1. The Morgan fingerprint density at radius 2 is 2.28 bits per heavy atom. The minimum atomic E-state index is -0.134. The number of amides is 1. The molecule has 0 aliphatic heterocycles. The number of nitrogens with zero attached hydrogens (tertiary/aromatic N) is 4. The van der Waals surface area contributed by atoms with E-state index in [9.17, 15) is 4.79 Å². The zero-order valence-corrected chi connectivity index (χ0v) is 14.2. The first-order valence-corrected chi connectivity index (χ1v) is 8.52. The molecule has 0 saturated heterocycles. The van der Waals surface area contributed by atoms with Gasteiger partial charge in [-0.25, -0.2) is 9.97 Å². The van der Waals surface area contributed by atoms with E-state index in [1.54, 1.807) is 18.6 Å². The molecule has 25 heavy (non-hydrogen) atoms. The van der Waals surface area contributed by atoms with Gasteiger partial charge in [0, 0.05) is 34.4 Å². The smallest absolute Gasteiger partial charge is 0.230 e. The van der Waals surface area contributed by atoms with Crippen molar-refractivity contribution in [2.45, 2.75) is 13.3 Å². The number of H-pyrrole nitrogens is 1. The molecule has 0 aliphatic carbocycles. The van der Waals surface area contributed by atoms with Crippen molar-refractivity contribution in [3.8, 4) is 10.6 Å². The summed E-state index contributed by atoms with van der Waals surface area (Å²) >= 11 is 1.50. The molecule has 0 saturated carbocycles. The molecule has 8 heteroatoms. The summed E-state index contributed by atoms with van der Waals surface area (Å²) in [5.41, 5.74) is 3.87. The lowest BCUT2D eigenvalue weighted by Crippen LogP contribution is -2.14. The van der Waals surface area contributed by atoms with Crippen LogP contribution in [0.1, 0.15) is 11.4 Å². The van der Waals surface area contributed by atoms with Crippen LogP contribution in [0.25, 0.3) is 21.6 Å². The van der Waals surface area contributed by atoms with Crippen molar-refractivity contribution in [3.05, 3.63) is 53.6 Å². The van der Waals surface area contributed by atoms with Crippen LogP contribution >= 0.6 is 11.3 Å². The van der Waals surface area contributed by atoms with E-state index in [4.69, 9.17) is 0 Å². The van der Waals surface area contributed by atoms with Crippen LogP contribution in [0.5, 0.6) is 0 Å². The Morgan fingerprint density at radius 1 is 1.36 bits per heavy atom. The SMILES string of the molecule is Cc1[nH]nc2ncc(NC(=O)Cc3csc(-c4cccnc4)n3)cc12. The zero-order valence-electron chi connectivity index (χ0n) is 13.4. The first kappa shape index (κ1) is 15.4. The van der Waals surface area contributed by atoms with Crippen molar-refractivity contribution in [2.75, 3.05) is 5.32 Å². The number of rotatable bonds is 4. The molecule has 4 aromatic heterocycles. The molecule has 0 aliphatic rings. The first-order valence-electron chi connectivity index (χ1n) is 7.64. The average molecular weight is 350 g/mol. The molecule has 0 atom stereocenters. The molecule has 124 valence electrons. The molecular formula is C17H14N6OS. The van der Waals surface area contributed by atoms with Crippen LogP contribution < -0.4 is 5.32 Å². The number of hydrogen-bond acceptors (Lipinski definition) is 6. The summed E-state index contributed by atoms with van der Waals surface area (Å²) in [6.07, 6.45) is 5.29. The van der Waals surface area contributed by atoms with Gasteiger partial charge in [0.1, 0.15) is 5.01 Å². The van der Waals surface area contributed by atoms with E-state index in [1.165, 1.54) is 11.3 Å². The van der Waals surface area contributed by atoms with Crippen LogP contribution in [0.2, 0.25) is 0 Å². The van der Waals surface area contributed by atoms with Crippen molar-refractivity contribution in [3.63, 3.8) is 0 Å². The Labute approximate surface area is 147 Å². The summed E-state index contributed by atoms with van der Waals surface area (Å²) in [4.78, 5) is 25.1. The Kier molecular flexibility index (Phi) is 3.95. The highest BCUT2D eigenvalue weighted by molar-refractivity contribution is 7.13. The number of nitrogens with one attached hydrogen (secondary N) is 2. The van der Waals surface area contributed by atoms with E-state index in [-0.39, 0.29) is 12.3 Å². The van der Waals surface area contributed by atoms with Crippen LogP contribution in [0.3, 0.4) is 0 Å². The van der Waals surface area contributed by atoms with E-state index in [2.05, 4.69) is 30.5 Å². The van der Waals surface area contributed by atoms with Crippen LogP contribution in [0, 0.1) is 6.92 Å². The fourth-order valence-corrected chi connectivity index (χ4v) is 3.28. The van der Waals surface area contributed by atoms with Gasteiger partial charge >= 0.3 is 0 Å². The predicted octanol–water partition coefficient (Wildman–Crippen LogP) is 2.97. The third-order valence-corrected chi connectivity index (χ3v) is 4.63. The van der Waals surface area contributed by atoms with Crippen LogP contribution in [-0.2, 0) is 11.2 Å². The normalized spacial score (nSPS) is 10.9. The predicted molar refractivity (Wildman–Crippen MR) is 96.3 cm³/mol. The van der Waals surface area contributed by atoms with Gasteiger partial charge in [-0.05, 0) is 25.1 Å². The molecule has 0 radical (unpaired) electrons. The first-order chi connectivity index (χ1) is 12.2.